The number of carbonyl (C=O) groups is 2. The van der Waals surface area contributed by atoms with E-state index >= 15 is 0 Å². The van der Waals surface area contributed by atoms with Gasteiger partial charge in [0.25, 0.3) is 5.91 Å². The number of amides is 2. The Labute approximate surface area is 145 Å². The minimum atomic E-state index is -0.482. The Morgan fingerprint density at radius 1 is 1.08 bits per heavy atom. The maximum absolute atomic E-state index is 12.8. The summed E-state index contributed by atoms with van der Waals surface area (Å²) in [4.78, 5) is 28.5. The highest BCUT2D eigenvalue weighted by atomic mass is 35.5. The Morgan fingerprint density at radius 3 is 2.42 bits per heavy atom. The highest BCUT2D eigenvalue weighted by Crippen LogP contribution is 2.35. The first-order chi connectivity index (χ1) is 11.6. The predicted octanol–water partition coefficient (Wildman–Crippen LogP) is 1.81. The van der Waals surface area contributed by atoms with E-state index in [4.69, 9.17) is 21.1 Å². The molecule has 4 rings (SSSR count). The van der Waals surface area contributed by atoms with Crippen LogP contribution < -0.4 is 4.90 Å². The molecule has 2 amide bonds. The topological polar surface area (TPSA) is 59.1 Å². The van der Waals surface area contributed by atoms with Crippen LogP contribution in [0.25, 0.3) is 0 Å². The standard InChI is InChI=1S/C17H19ClN2O4/c18-12-3-1-2-4-13(12)20-15(21)11-14(16(20)22)19-7-5-17(6-8-19)23-9-10-24-17/h1-4,14H,5-11H2/t14-/m0/s1. The molecular formula is C17H19ClN2O4. The van der Waals surface area contributed by atoms with E-state index in [0.717, 1.165) is 12.8 Å². The number of benzene rings is 1. The molecule has 3 heterocycles. The molecule has 3 fully saturated rings. The van der Waals surface area contributed by atoms with Gasteiger partial charge in [0, 0.05) is 25.9 Å². The monoisotopic (exact) mass is 350 g/mol. The molecule has 24 heavy (non-hydrogen) atoms. The summed E-state index contributed by atoms with van der Waals surface area (Å²) in [6, 6.07) is 6.51. The summed E-state index contributed by atoms with van der Waals surface area (Å²) in [6.45, 7) is 2.61. The normalized spacial score (nSPS) is 27.4. The van der Waals surface area contributed by atoms with Crippen LogP contribution in [-0.4, -0.2) is 54.8 Å². The summed E-state index contributed by atoms with van der Waals surface area (Å²) in [5.41, 5.74) is 0.465. The molecule has 3 aliphatic heterocycles. The zero-order valence-corrected chi connectivity index (χ0v) is 14.0. The first-order valence-electron chi connectivity index (χ1n) is 8.23. The minimum absolute atomic E-state index is 0.193. The van der Waals surface area contributed by atoms with Crippen LogP contribution in [0.2, 0.25) is 5.02 Å². The lowest BCUT2D eigenvalue weighted by atomic mass is 10.0. The lowest BCUT2D eigenvalue weighted by Crippen LogP contribution is -2.51. The first-order valence-corrected chi connectivity index (χ1v) is 8.61. The number of likely N-dealkylation sites (tertiary alicyclic amines) is 1. The Kier molecular flexibility index (Phi) is 4.08. The quantitative estimate of drug-likeness (QED) is 0.761. The van der Waals surface area contributed by atoms with Gasteiger partial charge in [-0.15, -0.1) is 0 Å². The van der Waals surface area contributed by atoms with Gasteiger partial charge in [-0.05, 0) is 12.1 Å². The van der Waals surface area contributed by atoms with E-state index in [2.05, 4.69) is 4.90 Å². The Bertz CT molecular complexity index is 664. The number of para-hydroxylation sites is 1. The molecule has 0 saturated carbocycles. The Hall–Kier alpha value is -1.47. The van der Waals surface area contributed by atoms with E-state index in [1.165, 1.54) is 4.90 Å². The molecule has 0 aromatic heterocycles. The fourth-order valence-electron chi connectivity index (χ4n) is 3.75. The van der Waals surface area contributed by atoms with Gasteiger partial charge in [0.05, 0.1) is 36.4 Å². The fraction of sp³-hybridized carbons (Fsp3) is 0.529. The molecule has 1 aromatic rings. The molecule has 7 heteroatoms. The second kappa shape index (κ2) is 6.11. The maximum Gasteiger partial charge on any atom is 0.251 e. The number of rotatable bonds is 2. The molecular weight excluding hydrogens is 332 g/mol. The van der Waals surface area contributed by atoms with E-state index in [-0.39, 0.29) is 18.2 Å². The highest BCUT2D eigenvalue weighted by Gasteiger charge is 2.47. The van der Waals surface area contributed by atoms with Crippen LogP contribution in [-0.2, 0) is 19.1 Å². The predicted molar refractivity (Wildman–Crippen MR) is 87.8 cm³/mol. The highest BCUT2D eigenvalue weighted by molar-refractivity contribution is 6.36. The molecule has 0 bridgehead atoms. The fourth-order valence-corrected chi connectivity index (χ4v) is 3.97. The summed E-state index contributed by atoms with van der Waals surface area (Å²) in [6.07, 6.45) is 1.63. The van der Waals surface area contributed by atoms with Gasteiger partial charge >= 0.3 is 0 Å². The number of piperidine rings is 1. The van der Waals surface area contributed by atoms with Gasteiger partial charge in [-0.2, -0.15) is 0 Å². The first kappa shape index (κ1) is 16.0. The van der Waals surface area contributed by atoms with Crippen LogP contribution in [0.5, 0.6) is 0 Å². The van der Waals surface area contributed by atoms with Crippen LogP contribution in [0.1, 0.15) is 19.3 Å². The van der Waals surface area contributed by atoms with Crippen molar-refractivity contribution in [1.29, 1.82) is 0 Å². The Morgan fingerprint density at radius 2 is 1.75 bits per heavy atom. The van der Waals surface area contributed by atoms with Gasteiger partial charge in [0.2, 0.25) is 5.91 Å². The van der Waals surface area contributed by atoms with Crippen molar-refractivity contribution in [2.75, 3.05) is 31.2 Å². The summed E-state index contributed by atoms with van der Waals surface area (Å²) in [5.74, 6) is -0.881. The molecule has 6 nitrogen and oxygen atoms in total. The van der Waals surface area contributed by atoms with Crippen LogP contribution in [0.4, 0.5) is 5.69 Å². The third kappa shape index (κ3) is 2.63. The van der Waals surface area contributed by atoms with Crippen molar-refractivity contribution in [3.63, 3.8) is 0 Å². The van der Waals surface area contributed by atoms with Crippen molar-refractivity contribution in [2.24, 2.45) is 0 Å². The zero-order valence-electron chi connectivity index (χ0n) is 13.2. The number of hydrogen-bond donors (Lipinski definition) is 0. The number of halogens is 1. The van der Waals surface area contributed by atoms with Crippen molar-refractivity contribution < 1.29 is 19.1 Å². The number of anilines is 1. The molecule has 1 spiro atoms. The molecule has 1 aromatic carbocycles. The molecule has 0 unspecified atom stereocenters. The molecule has 1 atom stereocenters. The molecule has 3 aliphatic rings. The number of imide groups is 1. The van der Waals surface area contributed by atoms with E-state index in [9.17, 15) is 9.59 Å². The van der Waals surface area contributed by atoms with Crippen LogP contribution in [0.15, 0.2) is 24.3 Å². The van der Waals surface area contributed by atoms with Gasteiger partial charge in [0.1, 0.15) is 0 Å². The van der Waals surface area contributed by atoms with Crippen molar-refractivity contribution >= 4 is 29.1 Å². The zero-order chi connectivity index (χ0) is 16.7. The number of hydrogen-bond acceptors (Lipinski definition) is 5. The summed E-state index contributed by atoms with van der Waals surface area (Å²) < 4.78 is 11.4. The van der Waals surface area contributed by atoms with Gasteiger partial charge in [-0.25, -0.2) is 4.90 Å². The van der Waals surface area contributed by atoms with Crippen molar-refractivity contribution in [3.05, 3.63) is 29.3 Å². The summed E-state index contributed by atoms with van der Waals surface area (Å²) >= 11 is 6.16. The van der Waals surface area contributed by atoms with Crippen molar-refractivity contribution in [2.45, 2.75) is 31.1 Å². The third-order valence-electron chi connectivity index (χ3n) is 5.03. The van der Waals surface area contributed by atoms with Gasteiger partial charge in [-0.3, -0.25) is 14.5 Å². The molecule has 3 saturated heterocycles. The molecule has 0 aliphatic carbocycles. The molecule has 0 N–H and O–H groups in total. The third-order valence-corrected chi connectivity index (χ3v) is 5.35. The van der Waals surface area contributed by atoms with E-state index in [1.54, 1.807) is 24.3 Å². The van der Waals surface area contributed by atoms with Crippen LogP contribution in [0, 0.1) is 0 Å². The van der Waals surface area contributed by atoms with E-state index in [0.29, 0.717) is 37.0 Å². The smallest absolute Gasteiger partial charge is 0.251 e. The molecule has 0 radical (unpaired) electrons. The largest absolute Gasteiger partial charge is 0.347 e. The summed E-state index contributed by atoms with van der Waals surface area (Å²) in [7, 11) is 0. The van der Waals surface area contributed by atoms with Gasteiger partial charge < -0.3 is 9.47 Å². The SMILES string of the molecule is O=C1C[C@H](N2CCC3(CC2)OCCO3)C(=O)N1c1ccccc1Cl. The maximum atomic E-state index is 12.8. The summed E-state index contributed by atoms with van der Waals surface area (Å²) in [5, 5.41) is 0.408. The van der Waals surface area contributed by atoms with E-state index in [1.807, 2.05) is 0 Å². The second-order valence-corrected chi connectivity index (χ2v) is 6.79. The van der Waals surface area contributed by atoms with Crippen molar-refractivity contribution in [3.8, 4) is 0 Å². The number of carbonyl (C=O) groups excluding carboxylic acids is 2. The van der Waals surface area contributed by atoms with Crippen LogP contribution >= 0.6 is 11.6 Å². The van der Waals surface area contributed by atoms with Crippen LogP contribution in [0.3, 0.4) is 0 Å². The number of nitrogens with zero attached hydrogens (tertiary/aromatic N) is 2. The average Bonchev–Trinajstić information content (AvgIpc) is 3.15. The van der Waals surface area contributed by atoms with Gasteiger partial charge in [0.15, 0.2) is 5.79 Å². The Balaban J connectivity index is 1.49. The van der Waals surface area contributed by atoms with E-state index < -0.39 is 11.8 Å². The lowest BCUT2D eigenvalue weighted by Gasteiger charge is -2.39. The van der Waals surface area contributed by atoms with Gasteiger partial charge in [-0.1, -0.05) is 23.7 Å². The minimum Gasteiger partial charge on any atom is -0.347 e. The lowest BCUT2D eigenvalue weighted by molar-refractivity contribution is -0.188. The molecule has 128 valence electrons. The average molecular weight is 351 g/mol. The number of ether oxygens (including phenoxy) is 2. The second-order valence-electron chi connectivity index (χ2n) is 6.38. The van der Waals surface area contributed by atoms with Crippen molar-refractivity contribution in [1.82, 2.24) is 4.90 Å².